The first kappa shape index (κ1) is 6.11. The van der Waals surface area contributed by atoms with Crippen LogP contribution < -0.4 is 0 Å². The third-order valence-electron chi connectivity index (χ3n) is 0.981. The second-order valence-corrected chi connectivity index (χ2v) is 1.67. The van der Waals surface area contributed by atoms with E-state index in [4.69, 9.17) is 9.84 Å². The topological polar surface area (TPSA) is 29.5 Å². The van der Waals surface area contributed by atoms with Crippen LogP contribution in [-0.2, 0) is 4.74 Å². The molecule has 1 rings (SSSR count). The standard InChI is InChI=1S/C7H8O2/c8-5-7-3-1-2-4-9-6-7/h1-4,6,8H,5H2. The van der Waals surface area contributed by atoms with E-state index in [0.29, 0.717) is 0 Å². The molecule has 0 bridgehead atoms. The van der Waals surface area contributed by atoms with Gasteiger partial charge in [-0.25, -0.2) is 0 Å². The van der Waals surface area contributed by atoms with Crippen LogP contribution in [0.25, 0.3) is 0 Å². The molecule has 0 atom stereocenters. The Bertz CT molecular complexity index is 166. The number of aliphatic hydroxyl groups is 1. The molecule has 1 N–H and O–H groups in total. The van der Waals surface area contributed by atoms with Gasteiger partial charge in [-0.3, -0.25) is 0 Å². The van der Waals surface area contributed by atoms with Crippen molar-refractivity contribution in [1.29, 1.82) is 0 Å². The number of ether oxygens (including phenoxy) is 1. The molecule has 1 heterocycles. The van der Waals surface area contributed by atoms with Crippen molar-refractivity contribution in [2.75, 3.05) is 6.61 Å². The molecule has 0 saturated heterocycles. The fourth-order valence-electron chi connectivity index (χ4n) is 0.526. The highest BCUT2D eigenvalue weighted by molar-refractivity contribution is 5.22. The number of hydrogen-bond donors (Lipinski definition) is 1. The maximum Gasteiger partial charge on any atom is 0.0956 e. The molecule has 9 heavy (non-hydrogen) atoms. The third-order valence-corrected chi connectivity index (χ3v) is 0.981. The minimum atomic E-state index is 0.0260. The number of allylic oxidation sites excluding steroid dienone is 2. The molecule has 2 heteroatoms. The number of aliphatic hydroxyl groups excluding tert-OH is 1. The lowest BCUT2D eigenvalue weighted by Gasteiger charge is -1.91. The SMILES string of the molecule is OCC1=COC=CC=C1. The second-order valence-electron chi connectivity index (χ2n) is 1.67. The highest BCUT2D eigenvalue weighted by Crippen LogP contribution is 2.00. The van der Waals surface area contributed by atoms with E-state index in [1.807, 2.05) is 6.08 Å². The van der Waals surface area contributed by atoms with Gasteiger partial charge in [0.15, 0.2) is 0 Å². The first-order valence-corrected chi connectivity index (χ1v) is 2.72. The van der Waals surface area contributed by atoms with E-state index in [1.54, 1.807) is 18.4 Å². The molecule has 0 unspecified atom stereocenters. The van der Waals surface area contributed by atoms with Crippen molar-refractivity contribution < 1.29 is 9.84 Å². The Morgan fingerprint density at radius 2 is 2.33 bits per heavy atom. The van der Waals surface area contributed by atoms with Gasteiger partial charge in [-0.05, 0) is 6.08 Å². The molecular formula is C7H8O2. The monoisotopic (exact) mass is 124 g/mol. The molecular weight excluding hydrogens is 116 g/mol. The van der Waals surface area contributed by atoms with Crippen molar-refractivity contribution in [1.82, 2.24) is 0 Å². The minimum Gasteiger partial charge on any atom is -0.472 e. The minimum absolute atomic E-state index is 0.0260. The predicted octanol–water partition coefficient (Wildman–Crippen LogP) is 0.963. The van der Waals surface area contributed by atoms with Crippen molar-refractivity contribution in [2.45, 2.75) is 0 Å². The maximum absolute atomic E-state index is 8.59. The van der Waals surface area contributed by atoms with Crippen LogP contribution in [-0.4, -0.2) is 11.7 Å². The average molecular weight is 124 g/mol. The van der Waals surface area contributed by atoms with E-state index in [2.05, 4.69) is 0 Å². The first-order valence-electron chi connectivity index (χ1n) is 2.72. The van der Waals surface area contributed by atoms with E-state index in [9.17, 15) is 0 Å². The van der Waals surface area contributed by atoms with Gasteiger partial charge in [0.2, 0.25) is 0 Å². The molecule has 0 fully saturated rings. The Hall–Kier alpha value is -1.02. The quantitative estimate of drug-likeness (QED) is 0.564. The molecule has 1 aliphatic heterocycles. The molecule has 0 aliphatic carbocycles. The van der Waals surface area contributed by atoms with Crippen LogP contribution in [0.4, 0.5) is 0 Å². The van der Waals surface area contributed by atoms with Crippen LogP contribution in [0.1, 0.15) is 0 Å². The maximum atomic E-state index is 8.59. The zero-order chi connectivity index (χ0) is 6.53. The predicted molar refractivity (Wildman–Crippen MR) is 34.5 cm³/mol. The van der Waals surface area contributed by atoms with Crippen molar-refractivity contribution in [3.8, 4) is 0 Å². The van der Waals surface area contributed by atoms with E-state index in [0.717, 1.165) is 5.57 Å². The Morgan fingerprint density at radius 3 is 3.11 bits per heavy atom. The third kappa shape index (κ3) is 1.74. The highest BCUT2D eigenvalue weighted by Gasteiger charge is 1.88. The Labute approximate surface area is 53.8 Å². The number of rotatable bonds is 1. The van der Waals surface area contributed by atoms with E-state index in [1.165, 1.54) is 6.26 Å². The number of hydrogen-bond acceptors (Lipinski definition) is 2. The largest absolute Gasteiger partial charge is 0.472 e. The summed E-state index contributed by atoms with van der Waals surface area (Å²) in [5.74, 6) is 0. The van der Waals surface area contributed by atoms with Gasteiger partial charge < -0.3 is 9.84 Å². The van der Waals surface area contributed by atoms with Crippen molar-refractivity contribution in [3.05, 3.63) is 36.3 Å². The summed E-state index contributed by atoms with van der Waals surface area (Å²) in [5, 5.41) is 8.59. The molecule has 0 aromatic rings. The summed E-state index contributed by atoms with van der Waals surface area (Å²) >= 11 is 0. The summed E-state index contributed by atoms with van der Waals surface area (Å²) in [6.07, 6.45) is 8.44. The van der Waals surface area contributed by atoms with E-state index >= 15 is 0 Å². The summed E-state index contributed by atoms with van der Waals surface area (Å²) in [6, 6.07) is 0. The lowest BCUT2D eigenvalue weighted by molar-refractivity contribution is 0.323. The Balaban J connectivity index is 2.63. The van der Waals surface area contributed by atoms with Gasteiger partial charge in [-0.15, -0.1) is 0 Å². The molecule has 0 amide bonds. The van der Waals surface area contributed by atoms with Crippen molar-refractivity contribution in [2.24, 2.45) is 0 Å². The lowest BCUT2D eigenvalue weighted by atomic mass is 10.3. The lowest BCUT2D eigenvalue weighted by Crippen LogP contribution is -1.84. The molecule has 0 radical (unpaired) electrons. The van der Waals surface area contributed by atoms with Crippen molar-refractivity contribution in [3.63, 3.8) is 0 Å². The Morgan fingerprint density at radius 1 is 1.44 bits per heavy atom. The smallest absolute Gasteiger partial charge is 0.0956 e. The second kappa shape index (κ2) is 3.10. The molecule has 1 aliphatic rings. The van der Waals surface area contributed by atoms with Crippen LogP contribution >= 0.6 is 0 Å². The molecule has 0 spiro atoms. The molecule has 48 valence electrons. The van der Waals surface area contributed by atoms with Crippen LogP contribution in [0.5, 0.6) is 0 Å². The first-order chi connectivity index (χ1) is 4.43. The van der Waals surface area contributed by atoms with E-state index < -0.39 is 0 Å². The van der Waals surface area contributed by atoms with Crippen LogP contribution in [0.15, 0.2) is 36.3 Å². The van der Waals surface area contributed by atoms with Gasteiger partial charge in [-0.1, -0.05) is 12.2 Å². The molecule has 0 aromatic heterocycles. The van der Waals surface area contributed by atoms with Gasteiger partial charge in [0.05, 0.1) is 19.1 Å². The summed E-state index contributed by atoms with van der Waals surface area (Å²) in [7, 11) is 0. The zero-order valence-corrected chi connectivity index (χ0v) is 4.95. The molecule has 0 saturated carbocycles. The summed E-state index contributed by atoms with van der Waals surface area (Å²) < 4.78 is 4.83. The van der Waals surface area contributed by atoms with Gasteiger partial charge in [-0.2, -0.15) is 0 Å². The van der Waals surface area contributed by atoms with Gasteiger partial charge in [0.1, 0.15) is 0 Å². The van der Waals surface area contributed by atoms with Gasteiger partial charge in [0, 0.05) is 5.57 Å². The summed E-state index contributed by atoms with van der Waals surface area (Å²) in [5.41, 5.74) is 0.778. The van der Waals surface area contributed by atoms with Crippen molar-refractivity contribution >= 4 is 0 Å². The van der Waals surface area contributed by atoms with Gasteiger partial charge in [0.25, 0.3) is 0 Å². The summed E-state index contributed by atoms with van der Waals surface area (Å²) in [4.78, 5) is 0. The average Bonchev–Trinajstić information content (AvgIpc) is 2.13. The fraction of sp³-hybridized carbons (Fsp3) is 0.143. The molecule has 2 nitrogen and oxygen atoms in total. The summed E-state index contributed by atoms with van der Waals surface area (Å²) in [6.45, 7) is 0.0260. The van der Waals surface area contributed by atoms with Crippen LogP contribution in [0.3, 0.4) is 0 Å². The van der Waals surface area contributed by atoms with Crippen LogP contribution in [0.2, 0.25) is 0 Å². The van der Waals surface area contributed by atoms with Gasteiger partial charge >= 0.3 is 0 Å². The highest BCUT2D eigenvalue weighted by atomic mass is 16.5. The Kier molecular flexibility index (Phi) is 2.10. The van der Waals surface area contributed by atoms with E-state index in [-0.39, 0.29) is 6.61 Å². The molecule has 0 aromatic carbocycles. The zero-order valence-electron chi connectivity index (χ0n) is 4.95. The fourth-order valence-corrected chi connectivity index (χ4v) is 0.526. The van der Waals surface area contributed by atoms with Crippen LogP contribution in [0, 0.1) is 0 Å². The normalized spacial score (nSPS) is 16.3.